The van der Waals surface area contributed by atoms with E-state index in [1.54, 1.807) is 0 Å². The minimum atomic E-state index is -4.54. The molecule has 0 aliphatic rings. The van der Waals surface area contributed by atoms with E-state index >= 15 is 0 Å². The van der Waals surface area contributed by atoms with Crippen molar-refractivity contribution < 1.29 is 25.9 Å². The fourth-order valence-electron chi connectivity index (χ4n) is 3.42. The van der Waals surface area contributed by atoms with E-state index in [9.17, 15) is 25.9 Å². The average molecular weight is 670 g/mol. The Bertz CT molecular complexity index is 1330. The van der Waals surface area contributed by atoms with Crippen LogP contribution in [0.1, 0.15) is 35.4 Å². The zero-order chi connectivity index (χ0) is 26.0. The first kappa shape index (κ1) is 31.3. The summed E-state index contributed by atoms with van der Waals surface area (Å²) in [7, 11) is -9.08. The Morgan fingerprint density at radius 3 is 1.24 bits per heavy atom. The maximum Gasteiger partial charge on any atom is 2.00 e. The van der Waals surface area contributed by atoms with Crippen LogP contribution in [0.15, 0.2) is 70.7 Å². The van der Waals surface area contributed by atoms with Crippen LogP contribution in [0.3, 0.4) is 0 Å². The van der Waals surface area contributed by atoms with Crippen LogP contribution in [0.4, 0.5) is 0 Å². The molecule has 0 spiro atoms. The van der Waals surface area contributed by atoms with Crippen molar-refractivity contribution in [2.24, 2.45) is 0 Å². The summed E-state index contributed by atoms with van der Waals surface area (Å²) in [6.45, 7) is 0. The number of nitrogens with one attached hydrogen (secondary N) is 2. The van der Waals surface area contributed by atoms with Crippen LogP contribution in [-0.4, -0.2) is 106 Å². The molecular formula is C22H24BaN6O6S2. The molecule has 0 unspecified atom stereocenters. The van der Waals surface area contributed by atoms with E-state index in [1.165, 1.54) is 0 Å². The zero-order valence-corrected chi connectivity index (χ0v) is 25.9. The SMILES string of the molecule is O=S(=O)([O-])c1n[nH]nc1CCCc1ccccc1.O=S(=O)([O-])c1n[nH]nc1CCCc1ccccc1.[Ba+2]. The minimum absolute atomic E-state index is 0. The number of nitrogens with zero attached hydrogens (tertiary/aromatic N) is 4. The quantitative estimate of drug-likeness (QED) is 0.184. The van der Waals surface area contributed by atoms with Gasteiger partial charge in [0.25, 0.3) is 0 Å². The molecule has 2 N–H and O–H groups in total. The number of aromatic amines is 2. The zero-order valence-electron chi connectivity index (χ0n) is 19.8. The van der Waals surface area contributed by atoms with Gasteiger partial charge in [-0.25, -0.2) is 16.8 Å². The Kier molecular flexibility index (Phi) is 12.6. The summed E-state index contributed by atoms with van der Waals surface area (Å²) in [6, 6.07) is 19.6. The molecule has 0 bridgehead atoms. The number of aryl methyl sites for hydroxylation is 4. The number of aromatic nitrogens is 6. The van der Waals surface area contributed by atoms with Crippen molar-refractivity contribution in [3.8, 4) is 0 Å². The summed E-state index contributed by atoms with van der Waals surface area (Å²) in [4.78, 5) is 0. The molecule has 0 amide bonds. The topological polar surface area (TPSA) is 198 Å². The Morgan fingerprint density at radius 1 is 0.568 bits per heavy atom. The van der Waals surface area contributed by atoms with Gasteiger partial charge in [-0.3, -0.25) is 0 Å². The third-order valence-corrected chi connectivity index (χ3v) is 6.69. The van der Waals surface area contributed by atoms with Crippen LogP contribution >= 0.6 is 0 Å². The van der Waals surface area contributed by atoms with Gasteiger partial charge >= 0.3 is 48.9 Å². The van der Waals surface area contributed by atoms with E-state index in [0.29, 0.717) is 25.7 Å². The number of hydrogen-bond donors (Lipinski definition) is 2. The summed E-state index contributed by atoms with van der Waals surface area (Å²) in [5, 5.41) is 17.5. The van der Waals surface area contributed by atoms with Crippen LogP contribution in [-0.2, 0) is 45.9 Å². The smallest absolute Gasteiger partial charge is 0.743 e. The van der Waals surface area contributed by atoms with Crippen molar-refractivity contribution in [3.63, 3.8) is 0 Å². The Hall–Kier alpha value is -1.89. The predicted molar refractivity (Wildman–Crippen MR) is 131 cm³/mol. The summed E-state index contributed by atoms with van der Waals surface area (Å²) < 4.78 is 65.2. The standard InChI is InChI=1S/2C11H13N3O3S.Ba/c2*15-18(16,17)11-10(12-14-13-11)8-4-7-9-5-2-1-3-6-9;/h2*1-3,5-6H,4,7-8H2,(H,12,13,14)(H,15,16,17);/q;;+2/p-2. The molecule has 4 rings (SSSR count). The second-order valence-electron chi connectivity index (χ2n) is 7.74. The van der Waals surface area contributed by atoms with Gasteiger partial charge < -0.3 is 9.11 Å². The van der Waals surface area contributed by atoms with Gasteiger partial charge in [0.15, 0.2) is 10.1 Å². The van der Waals surface area contributed by atoms with Crippen LogP contribution < -0.4 is 0 Å². The summed E-state index contributed by atoms with van der Waals surface area (Å²) >= 11 is 0. The van der Waals surface area contributed by atoms with E-state index in [1.807, 2.05) is 60.7 Å². The predicted octanol–water partition coefficient (Wildman–Crippen LogP) is 1.39. The normalized spacial score (nSPS) is 11.3. The maximum absolute atomic E-state index is 10.9. The molecule has 0 aliphatic carbocycles. The molecule has 0 saturated heterocycles. The molecular weight excluding hydrogens is 646 g/mol. The molecule has 37 heavy (non-hydrogen) atoms. The van der Waals surface area contributed by atoms with Gasteiger partial charge in [-0.05, 0) is 49.7 Å². The number of benzene rings is 2. The second kappa shape index (κ2) is 14.9. The van der Waals surface area contributed by atoms with Crippen LogP contribution in [0.2, 0.25) is 0 Å². The number of H-pyrrole nitrogens is 2. The molecule has 2 aromatic carbocycles. The summed E-state index contributed by atoms with van der Waals surface area (Å²) in [5.74, 6) is 0. The molecule has 0 fully saturated rings. The first-order chi connectivity index (χ1) is 17.1. The monoisotopic (exact) mass is 670 g/mol. The number of rotatable bonds is 10. The Balaban J connectivity index is 0.000000253. The van der Waals surface area contributed by atoms with Gasteiger partial charge in [-0.1, -0.05) is 60.7 Å². The van der Waals surface area contributed by atoms with Crippen molar-refractivity contribution in [2.75, 3.05) is 0 Å². The van der Waals surface area contributed by atoms with Gasteiger partial charge in [0.1, 0.15) is 31.6 Å². The molecule has 2 heterocycles. The molecule has 0 atom stereocenters. The average Bonchev–Trinajstić information content (AvgIpc) is 3.51. The van der Waals surface area contributed by atoms with E-state index < -0.39 is 30.3 Å². The van der Waals surface area contributed by atoms with E-state index in [0.717, 1.165) is 24.0 Å². The van der Waals surface area contributed by atoms with Crippen molar-refractivity contribution >= 4 is 69.1 Å². The van der Waals surface area contributed by atoms with Gasteiger partial charge in [-0.2, -0.15) is 20.6 Å². The van der Waals surface area contributed by atoms with Crippen molar-refractivity contribution in [3.05, 3.63) is 83.2 Å². The van der Waals surface area contributed by atoms with Gasteiger partial charge in [0.2, 0.25) is 0 Å². The molecule has 0 radical (unpaired) electrons. The van der Waals surface area contributed by atoms with E-state index in [2.05, 4.69) is 30.8 Å². The van der Waals surface area contributed by atoms with Crippen molar-refractivity contribution in [2.45, 2.75) is 48.6 Å². The first-order valence-electron chi connectivity index (χ1n) is 10.9. The summed E-state index contributed by atoms with van der Waals surface area (Å²) in [5.41, 5.74) is 2.74. The maximum atomic E-state index is 10.9. The fraction of sp³-hybridized carbons (Fsp3) is 0.273. The van der Waals surface area contributed by atoms with Crippen molar-refractivity contribution in [1.82, 2.24) is 30.8 Å². The van der Waals surface area contributed by atoms with Crippen LogP contribution in [0.25, 0.3) is 0 Å². The van der Waals surface area contributed by atoms with E-state index in [4.69, 9.17) is 0 Å². The fourth-order valence-corrected chi connectivity index (χ4v) is 4.60. The number of hydrogen-bond acceptors (Lipinski definition) is 10. The molecule has 4 aromatic rings. The first-order valence-corrected chi connectivity index (χ1v) is 13.7. The van der Waals surface area contributed by atoms with Gasteiger partial charge in [0, 0.05) is 0 Å². The molecule has 0 saturated carbocycles. The van der Waals surface area contributed by atoms with Gasteiger partial charge in [0.05, 0.1) is 0 Å². The molecule has 15 heteroatoms. The van der Waals surface area contributed by atoms with E-state index in [-0.39, 0.29) is 60.3 Å². The summed E-state index contributed by atoms with van der Waals surface area (Å²) in [6.07, 6.45) is 3.82. The third-order valence-electron chi connectivity index (χ3n) is 5.08. The van der Waals surface area contributed by atoms with Crippen LogP contribution in [0.5, 0.6) is 0 Å². The Labute approximate surface area is 255 Å². The minimum Gasteiger partial charge on any atom is -0.743 e. The largest absolute Gasteiger partial charge is 2.00 e. The Morgan fingerprint density at radius 2 is 0.919 bits per heavy atom. The second-order valence-corrected chi connectivity index (χ2v) is 10.3. The third kappa shape index (κ3) is 10.4. The van der Waals surface area contributed by atoms with Crippen LogP contribution in [0, 0.1) is 0 Å². The molecule has 192 valence electrons. The molecule has 0 aliphatic heterocycles. The van der Waals surface area contributed by atoms with Crippen molar-refractivity contribution in [1.29, 1.82) is 0 Å². The molecule has 2 aromatic heterocycles. The van der Waals surface area contributed by atoms with Gasteiger partial charge in [-0.15, -0.1) is 10.2 Å². The molecule has 12 nitrogen and oxygen atoms in total.